The van der Waals surface area contributed by atoms with Crippen LogP contribution in [0, 0.1) is 12.7 Å². The number of thiophene rings is 1. The van der Waals surface area contributed by atoms with Crippen molar-refractivity contribution >= 4 is 44.9 Å². The molecule has 4 rings (SSSR count). The van der Waals surface area contributed by atoms with E-state index in [-0.39, 0.29) is 24.7 Å². The van der Waals surface area contributed by atoms with Crippen LogP contribution in [0.4, 0.5) is 15.9 Å². The van der Waals surface area contributed by atoms with Gasteiger partial charge >= 0.3 is 0 Å². The number of fused-ring (bicyclic) bond motifs is 1. The second-order valence-corrected chi connectivity index (χ2v) is 8.09. The fraction of sp³-hybridized carbons (Fsp3) is 0.136. The van der Waals surface area contributed by atoms with Gasteiger partial charge in [0.05, 0.1) is 18.2 Å². The second-order valence-electron chi connectivity index (χ2n) is 6.98. The smallest absolute Gasteiger partial charge is 0.229 e. The largest absolute Gasteiger partial charge is 0.326 e. The number of H-pyrrole nitrogens is 1. The number of aromatic nitrogens is 2. The van der Waals surface area contributed by atoms with Crippen molar-refractivity contribution in [2.45, 2.75) is 19.8 Å². The molecule has 0 aliphatic heterocycles. The average Bonchev–Trinajstić information content (AvgIpc) is 3.25. The summed E-state index contributed by atoms with van der Waals surface area (Å²) in [6.45, 7) is 2.00. The lowest BCUT2D eigenvalue weighted by Crippen LogP contribution is -2.15. The van der Waals surface area contributed by atoms with Gasteiger partial charge in [0.1, 0.15) is 16.5 Å². The van der Waals surface area contributed by atoms with Crippen molar-refractivity contribution in [2.75, 3.05) is 10.6 Å². The van der Waals surface area contributed by atoms with Gasteiger partial charge in [0, 0.05) is 10.6 Å². The first-order valence-electron chi connectivity index (χ1n) is 9.34. The van der Waals surface area contributed by atoms with Gasteiger partial charge in [-0.25, -0.2) is 4.39 Å². The molecule has 0 saturated heterocycles. The maximum Gasteiger partial charge on any atom is 0.229 e. The third-order valence-electron chi connectivity index (χ3n) is 4.49. The molecule has 0 atom stereocenters. The Bertz CT molecular complexity index is 1210. The van der Waals surface area contributed by atoms with E-state index in [1.54, 1.807) is 6.07 Å². The summed E-state index contributed by atoms with van der Waals surface area (Å²) >= 11 is 1.36. The van der Waals surface area contributed by atoms with Gasteiger partial charge in [-0.3, -0.25) is 14.7 Å². The lowest BCUT2D eigenvalue weighted by atomic mass is 10.1. The fourth-order valence-electron chi connectivity index (χ4n) is 3.05. The Hall–Kier alpha value is -3.52. The van der Waals surface area contributed by atoms with Crippen LogP contribution in [0.3, 0.4) is 0 Å². The lowest BCUT2D eigenvalue weighted by molar-refractivity contribution is -0.116. The van der Waals surface area contributed by atoms with Gasteiger partial charge < -0.3 is 10.6 Å². The standard InChI is InChI=1S/C22H19FN4O2S/c1-13-5-7-14(8-6-13)9-19(28)25-21-18-11-17(30-22(18)27-26-21)12-20(29)24-16-4-2-3-15(23)10-16/h2-8,10-11H,9,12H2,1H3,(H,24,29)(H2,25,26,27,28). The van der Waals surface area contributed by atoms with Crippen LogP contribution in [-0.2, 0) is 22.4 Å². The Balaban J connectivity index is 1.41. The van der Waals surface area contributed by atoms with Crippen molar-refractivity contribution < 1.29 is 14.0 Å². The van der Waals surface area contributed by atoms with Crippen LogP contribution >= 0.6 is 11.3 Å². The Morgan fingerprint density at radius 2 is 1.80 bits per heavy atom. The molecular weight excluding hydrogens is 403 g/mol. The summed E-state index contributed by atoms with van der Waals surface area (Å²) in [7, 11) is 0. The first-order chi connectivity index (χ1) is 14.5. The highest BCUT2D eigenvalue weighted by Crippen LogP contribution is 2.29. The number of benzene rings is 2. The summed E-state index contributed by atoms with van der Waals surface area (Å²) < 4.78 is 13.3. The predicted octanol–water partition coefficient (Wildman–Crippen LogP) is 4.43. The van der Waals surface area contributed by atoms with Crippen LogP contribution in [0.15, 0.2) is 54.6 Å². The Kier molecular flexibility index (Phi) is 5.58. The number of nitrogens with one attached hydrogen (secondary N) is 3. The monoisotopic (exact) mass is 422 g/mol. The summed E-state index contributed by atoms with van der Waals surface area (Å²) in [5.41, 5.74) is 2.47. The van der Waals surface area contributed by atoms with Crippen LogP contribution in [0.1, 0.15) is 16.0 Å². The molecule has 6 nitrogen and oxygen atoms in total. The number of carbonyl (C=O) groups excluding carboxylic acids is 2. The lowest BCUT2D eigenvalue weighted by Gasteiger charge is -2.04. The number of aryl methyl sites for hydroxylation is 1. The van der Waals surface area contributed by atoms with Gasteiger partial charge in [-0.2, -0.15) is 5.10 Å². The molecule has 0 aliphatic rings. The zero-order valence-electron chi connectivity index (χ0n) is 16.2. The van der Waals surface area contributed by atoms with E-state index in [2.05, 4.69) is 20.8 Å². The van der Waals surface area contributed by atoms with Gasteiger partial charge in [-0.05, 0) is 36.8 Å². The third-order valence-corrected chi connectivity index (χ3v) is 5.52. The van der Waals surface area contributed by atoms with Crippen LogP contribution in [0.25, 0.3) is 10.2 Å². The predicted molar refractivity (Wildman–Crippen MR) is 116 cm³/mol. The van der Waals surface area contributed by atoms with Gasteiger partial charge in [-0.1, -0.05) is 35.9 Å². The molecule has 0 spiro atoms. The zero-order valence-corrected chi connectivity index (χ0v) is 17.0. The van der Waals surface area contributed by atoms with Crippen LogP contribution < -0.4 is 10.6 Å². The highest BCUT2D eigenvalue weighted by molar-refractivity contribution is 7.18. The van der Waals surface area contributed by atoms with Crippen molar-refractivity contribution in [2.24, 2.45) is 0 Å². The molecule has 0 bridgehead atoms. The van der Waals surface area contributed by atoms with E-state index in [9.17, 15) is 14.0 Å². The zero-order chi connectivity index (χ0) is 21.1. The van der Waals surface area contributed by atoms with Crippen LogP contribution in [-0.4, -0.2) is 22.0 Å². The van der Waals surface area contributed by atoms with Crippen molar-refractivity contribution in [1.29, 1.82) is 0 Å². The van der Waals surface area contributed by atoms with Gasteiger partial charge in [0.15, 0.2) is 0 Å². The highest BCUT2D eigenvalue weighted by atomic mass is 32.1. The van der Waals surface area contributed by atoms with E-state index in [0.29, 0.717) is 16.3 Å². The molecule has 3 N–H and O–H groups in total. The van der Waals surface area contributed by atoms with E-state index in [1.807, 2.05) is 37.3 Å². The number of aromatic amines is 1. The summed E-state index contributed by atoms with van der Waals surface area (Å²) in [5.74, 6) is -0.303. The number of anilines is 2. The van der Waals surface area contributed by atoms with Crippen molar-refractivity contribution in [3.05, 3.63) is 76.4 Å². The van der Waals surface area contributed by atoms with Crippen molar-refractivity contribution in [3.63, 3.8) is 0 Å². The maximum absolute atomic E-state index is 13.3. The maximum atomic E-state index is 13.3. The minimum Gasteiger partial charge on any atom is -0.326 e. The molecule has 0 aliphatic carbocycles. The summed E-state index contributed by atoms with van der Waals surface area (Å²) in [4.78, 5) is 26.1. The molecule has 2 amide bonds. The van der Waals surface area contributed by atoms with Crippen LogP contribution in [0.5, 0.6) is 0 Å². The number of rotatable bonds is 6. The number of halogens is 1. The molecule has 8 heteroatoms. The number of nitrogens with zero attached hydrogens (tertiary/aromatic N) is 1. The second kappa shape index (κ2) is 8.46. The molecule has 2 aromatic heterocycles. The molecule has 0 radical (unpaired) electrons. The van der Waals surface area contributed by atoms with E-state index in [1.165, 1.54) is 29.5 Å². The minimum atomic E-state index is -0.409. The summed E-state index contributed by atoms with van der Waals surface area (Å²) in [5, 5.41) is 13.3. The molecule has 0 saturated carbocycles. The van der Waals surface area contributed by atoms with E-state index < -0.39 is 5.82 Å². The fourth-order valence-corrected chi connectivity index (χ4v) is 4.04. The van der Waals surface area contributed by atoms with Crippen molar-refractivity contribution in [3.8, 4) is 0 Å². The Morgan fingerprint density at radius 3 is 2.57 bits per heavy atom. The number of amides is 2. The third kappa shape index (κ3) is 4.72. The SMILES string of the molecule is Cc1ccc(CC(=O)Nc2[nH]nc3sc(CC(=O)Nc4cccc(F)c4)cc23)cc1. The topological polar surface area (TPSA) is 86.9 Å². The normalized spacial score (nSPS) is 10.9. The Morgan fingerprint density at radius 1 is 1.03 bits per heavy atom. The molecule has 2 heterocycles. The van der Waals surface area contributed by atoms with Gasteiger partial charge in [0.2, 0.25) is 11.8 Å². The van der Waals surface area contributed by atoms with E-state index in [4.69, 9.17) is 0 Å². The molecule has 2 aromatic carbocycles. The first-order valence-corrected chi connectivity index (χ1v) is 10.2. The number of hydrogen-bond donors (Lipinski definition) is 3. The Labute approximate surface area is 176 Å². The number of carbonyl (C=O) groups is 2. The van der Waals surface area contributed by atoms with Crippen LogP contribution in [0.2, 0.25) is 0 Å². The molecule has 152 valence electrons. The summed E-state index contributed by atoms with van der Waals surface area (Å²) in [6.07, 6.45) is 0.391. The molecule has 0 fully saturated rings. The molecule has 4 aromatic rings. The van der Waals surface area contributed by atoms with Gasteiger partial charge in [0.25, 0.3) is 0 Å². The number of hydrogen-bond acceptors (Lipinski definition) is 4. The average molecular weight is 422 g/mol. The van der Waals surface area contributed by atoms with E-state index >= 15 is 0 Å². The molecular formula is C22H19FN4O2S. The molecule has 30 heavy (non-hydrogen) atoms. The quantitative estimate of drug-likeness (QED) is 0.429. The summed E-state index contributed by atoms with van der Waals surface area (Å²) in [6, 6.07) is 15.4. The van der Waals surface area contributed by atoms with Gasteiger partial charge in [-0.15, -0.1) is 11.3 Å². The minimum absolute atomic E-state index is 0.133. The highest BCUT2D eigenvalue weighted by Gasteiger charge is 2.15. The molecule has 0 unspecified atom stereocenters. The van der Waals surface area contributed by atoms with E-state index in [0.717, 1.165) is 21.4 Å². The first kappa shape index (κ1) is 19.8. The van der Waals surface area contributed by atoms with Crippen molar-refractivity contribution in [1.82, 2.24) is 10.2 Å².